The molecule has 1 fully saturated rings. The molecule has 0 spiro atoms. The minimum absolute atomic E-state index is 0.0370. The molecule has 0 saturated carbocycles. The molecule has 1 aromatic carbocycles. The number of nitrogens with zero attached hydrogens (tertiary/aromatic N) is 4. The van der Waals surface area contributed by atoms with Gasteiger partial charge in [-0.25, -0.2) is 0 Å². The Kier molecular flexibility index (Phi) is 3.69. The summed E-state index contributed by atoms with van der Waals surface area (Å²) in [5.74, 6) is -0.327. The first kappa shape index (κ1) is 12.7. The van der Waals surface area contributed by atoms with Gasteiger partial charge in [0.25, 0.3) is 11.7 Å². The molecule has 0 bridgehead atoms. The van der Waals surface area contributed by atoms with Crippen LogP contribution >= 0.6 is 0 Å². The highest BCUT2D eigenvalue weighted by atomic mass is 16.2. The number of amides is 1. The summed E-state index contributed by atoms with van der Waals surface area (Å²) in [6.07, 6.45) is 2.54. The van der Waals surface area contributed by atoms with Gasteiger partial charge in [-0.2, -0.15) is 5.21 Å². The van der Waals surface area contributed by atoms with Gasteiger partial charge >= 0.3 is 0 Å². The van der Waals surface area contributed by atoms with Crippen LogP contribution in [-0.4, -0.2) is 44.5 Å². The van der Waals surface area contributed by atoms with Crippen molar-refractivity contribution in [3.63, 3.8) is 0 Å². The third-order valence-electron chi connectivity index (χ3n) is 3.34. The van der Waals surface area contributed by atoms with Crippen LogP contribution < -0.4 is 5.32 Å². The lowest BCUT2D eigenvalue weighted by molar-refractivity contribution is 0.101. The molecule has 1 aromatic heterocycles. The van der Waals surface area contributed by atoms with E-state index in [2.05, 4.69) is 36.9 Å². The van der Waals surface area contributed by atoms with Crippen molar-refractivity contribution in [3.8, 4) is 0 Å². The van der Waals surface area contributed by atoms with E-state index in [1.807, 2.05) is 18.2 Å². The summed E-state index contributed by atoms with van der Waals surface area (Å²) in [7, 11) is 0. The lowest BCUT2D eigenvalue weighted by Gasteiger charge is -2.15. The van der Waals surface area contributed by atoms with E-state index in [4.69, 9.17) is 0 Å². The molecule has 0 unspecified atom stereocenters. The monoisotopic (exact) mass is 272 g/mol. The normalized spacial score (nSPS) is 15.4. The number of benzene rings is 1. The minimum Gasteiger partial charge on any atom is -0.319 e. The van der Waals surface area contributed by atoms with Crippen molar-refractivity contribution in [2.75, 3.05) is 18.4 Å². The molecule has 104 valence electrons. The highest BCUT2D eigenvalue weighted by Crippen LogP contribution is 2.16. The van der Waals surface area contributed by atoms with Gasteiger partial charge in [-0.1, -0.05) is 12.1 Å². The number of hydrogen-bond donors (Lipinski definition) is 2. The Morgan fingerprint density at radius 2 is 2.20 bits per heavy atom. The number of H-pyrrole nitrogens is 1. The fraction of sp³-hybridized carbons (Fsp3) is 0.385. The lowest BCUT2D eigenvalue weighted by atomic mass is 10.2. The molecule has 0 radical (unpaired) electrons. The van der Waals surface area contributed by atoms with Gasteiger partial charge in [0.05, 0.1) is 0 Å². The van der Waals surface area contributed by atoms with Crippen molar-refractivity contribution in [2.24, 2.45) is 0 Å². The van der Waals surface area contributed by atoms with Crippen LogP contribution in [0.4, 0.5) is 5.69 Å². The molecule has 0 atom stereocenters. The van der Waals surface area contributed by atoms with Gasteiger partial charge in [-0.3, -0.25) is 9.69 Å². The Bertz CT molecular complexity index is 576. The fourth-order valence-corrected chi connectivity index (χ4v) is 2.39. The maximum atomic E-state index is 11.8. The van der Waals surface area contributed by atoms with E-state index in [-0.39, 0.29) is 11.7 Å². The van der Waals surface area contributed by atoms with Gasteiger partial charge in [-0.05, 0) is 48.8 Å². The zero-order valence-corrected chi connectivity index (χ0v) is 11.0. The molecule has 1 amide bonds. The van der Waals surface area contributed by atoms with Crippen LogP contribution in [0.2, 0.25) is 0 Å². The molecule has 20 heavy (non-hydrogen) atoms. The quantitative estimate of drug-likeness (QED) is 0.868. The van der Waals surface area contributed by atoms with E-state index >= 15 is 0 Å². The van der Waals surface area contributed by atoms with E-state index < -0.39 is 0 Å². The molecule has 7 nitrogen and oxygen atoms in total. The van der Waals surface area contributed by atoms with Gasteiger partial charge in [0, 0.05) is 12.2 Å². The Hall–Kier alpha value is -2.28. The molecular weight excluding hydrogens is 256 g/mol. The highest BCUT2D eigenvalue weighted by Gasteiger charge is 2.13. The molecular formula is C13H16N6O. The average Bonchev–Trinajstić information content (AvgIpc) is 3.12. The van der Waals surface area contributed by atoms with Crippen molar-refractivity contribution in [1.82, 2.24) is 25.5 Å². The van der Waals surface area contributed by atoms with Crippen LogP contribution in [0.3, 0.4) is 0 Å². The molecule has 1 aliphatic heterocycles. The van der Waals surface area contributed by atoms with Gasteiger partial charge in [0.2, 0.25) is 0 Å². The second-order valence-electron chi connectivity index (χ2n) is 4.87. The number of tetrazole rings is 1. The number of carbonyl (C=O) groups excluding carboxylic acids is 1. The number of anilines is 1. The number of rotatable bonds is 4. The first-order valence-corrected chi connectivity index (χ1v) is 6.67. The van der Waals surface area contributed by atoms with Crippen LogP contribution in [0, 0.1) is 0 Å². The molecule has 3 rings (SSSR count). The maximum absolute atomic E-state index is 11.8. The topological polar surface area (TPSA) is 86.8 Å². The number of aromatic nitrogens is 4. The third kappa shape index (κ3) is 3.00. The van der Waals surface area contributed by atoms with Crippen LogP contribution in [0.25, 0.3) is 0 Å². The predicted molar refractivity (Wildman–Crippen MR) is 73.1 cm³/mol. The van der Waals surface area contributed by atoms with Gasteiger partial charge in [0.1, 0.15) is 0 Å². The first-order valence-electron chi connectivity index (χ1n) is 6.67. The summed E-state index contributed by atoms with van der Waals surface area (Å²) >= 11 is 0. The largest absolute Gasteiger partial charge is 0.319 e. The van der Waals surface area contributed by atoms with Crippen LogP contribution in [-0.2, 0) is 6.54 Å². The van der Waals surface area contributed by atoms with Gasteiger partial charge in [-0.15, -0.1) is 10.2 Å². The molecule has 1 saturated heterocycles. The van der Waals surface area contributed by atoms with Crippen LogP contribution in [0.1, 0.15) is 29.0 Å². The van der Waals surface area contributed by atoms with Crippen molar-refractivity contribution in [3.05, 3.63) is 35.7 Å². The zero-order chi connectivity index (χ0) is 13.8. The summed E-state index contributed by atoms with van der Waals surface area (Å²) in [6.45, 7) is 3.23. The molecule has 2 aromatic rings. The lowest BCUT2D eigenvalue weighted by Crippen LogP contribution is -2.18. The van der Waals surface area contributed by atoms with Crippen molar-refractivity contribution < 1.29 is 4.79 Å². The molecule has 7 heteroatoms. The Morgan fingerprint density at radius 3 is 2.95 bits per heavy atom. The standard InChI is InChI=1S/C13H16N6O/c20-13(12-15-17-18-16-12)14-11-5-3-4-10(8-11)9-19-6-1-2-7-19/h3-5,8H,1-2,6-7,9H2,(H,14,20)(H,15,16,17,18). The number of likely N-dealkylation sites (tertiary alicyclic amines) is 1. The smallest absolute Gasteiger partial charge is 0.297 e. The van der Waals surface area contributed by atoms with Gasteiger partial charge < -0.3 is 5.32 Å². The van der Waals surface area contributed by atoms with E-state index in [1.54, 1.807) is 0 Å². The minimum atomic E-state index is -0.364. The van der Waals surface area contributed by atoms with Crippen molar-refractivity contribution in [1.29, 1.82) is 0 Å². The molecule has 2 heterocycles. The SMILES string of the molecule is O=C(Nc1cccc(CN2CCCC2)c1)c1nn[nH]n1. The first-order chi connectivity index (χ1) is 9.81. The van der Waals surface area contributed by atoms with Crippen molar-refractivity contribution in [2.45, 2.75) is 19.4 Å². The molecule has 2 N–H and O–H groups in total. The Morgan fingerprint density at radius 1 is 1.35 bits per heavy atom. The van der Waals surface area contributed by atoms with Crippen LogP contribution in [0.5, 0.6) is 0 Å². The maximum Gasteiger partial charge on any atom is 0.297 e. The van der Waals surface area contributed by atoms with Crippen molar-refractivity contribution >= 4 is 11.6 Å². The van der Waals surface area contributed by atoms with Gasteiger partial charge in [0.15, 0.2) is 0 Å². The van der Waals surface area contributed by atoms with E-state index in [0.717, 1.165) is 25.3 Å². The second-order valence-corrected chi connectivity index (χ2v) is 4.87. The summed E-state index contributed by atoms with van der Waals surface area (Å²) in [6, 6.07) is 7.85. The van der Waals surface area contributed by atoms with E-state index in [0.29, 0.717) is 0 Å². The summed E-state index contributed by atoms with van der Waals surface area (Å²) in [4.78, 5) is 14.2. The summed E-state index contributed by atoms with van der Waals surface area (Å²) in [5, 5.41) is 15.7. The number of aromatic amines is 1. The number of carbonyl (C=O) groups is 1. The Balaban J connectivity index is 1.66. The Labute approximate surface area is 116 Å². The number of nitrogens with one attached hydrogen (secondary N) is 2. The third-order valence-corrected chi connectivity index (χ3v) is 3.34. The highest BCUT2D eigenvalue weighted by molar-refractivity contribution is 6.01. The van der Waals surface area contributed by atoms with E-state index in [1.165, 1.54) is 18.4 Å². The second kappa shape index (κ2) is 5.79. The molecule has 1 aliphatic rings. The fourth-order valence-electron chi connectivity index (χ4n) is 2.39. The predicted octanol–water partition coefficient (Wildman–Crippen LogP) is 1.05. The molecule has 0 aliphatic carbocycles. The number of hydrogen-bond acceptors (Lipinski definition) is 5. The summed E-state index contributed by atoms with van der Waals surface area (Å²) < 4.78 is 0. The summed E-state index contributed by atoms with van der Waals surface area (Å²) in [5.41, 5.74) is 1.94. The van der Waals surface area contributed by atoms with Crippen LogP contribution in [0.15, 0.2) is 24.3 Å². The van der Waals surface area contributed by atoms with E-state index in [9.17, 15) is 4.79 Å². The zero-order valence-electron chi connectivity index (χ0n) is 11.0. The average molecular weight is 272 g/mol.